The summed E-state index contributed by atoms with van der Waals surface area (Å²) in [7, 11) is 1.27. The molecule has 0 aromatic heterocycles. The molecule has 3 N–H and O–H groups in total. The predicted molar refractivity (Wildman–Crippen MR) is 52.5 cm³/mol. The molecule has 0 rings (SSSR count). The van der Waals surface area contributed by atoms with Crippen LogP contribution in [0.3, 0.4) is 0 Å². The SMILES string of the molecule is CCC[C@@H](N)C(=O)NC(C)C(=O)OC. The van der Waals surface area contributed by atoms with E-state index in [-0.39, 0.29) is 5.91 Å². The van der Waals surface area contributed by atoms with Gasteiger partial charge in [-0.1, -0.05) is 13.3 Å². The monoisotopic (exact) mass is 202 g/mol. The molecule has 0 spiro atoms. The first-order valence-corrected chi connectivity index (χ1v) is 4.66. The number of carbonyl (C=O) groups excluding carboxylic acids is 2. The van der Waals surface area contributed by atoms with E-state index in [4.69, 9.17) is 5.73 Å². The molecule has 14 heavy (non-hydrogen) atoms. The van der Waals surface area contributed by atoms with Gasteiger partial charge in [0, 0.05) is 0 Å². The van der Waals surface area contributed by atoms with Crippen LogP contribution < -0.4 is 11.1 Å². The fourth-order valence-electron chi connectivity index (χ4n) is 0.998. The summed E-state index contributed by atoms with van der Waals surface area (Å²) in [4.78, 5) is 22.3. The first kappa shape index (κ1) is 12.9. The van der Waals surface area contributed by atoms with Crippen molar-refractivity contribution in [1.29, 1.82) is 0 Å². The van der Waals surface area contributed by atoms with Gasteiger partial charge in [0.25, 0.3) is 0 Å². The normalized spacial score (nSPS) is 14.3. The molecule has 0 aromatic carbocycles. The van der Waals surface area contributed by atoms with Gasteiger partial charge in [-0.3, -0.25) is 4.79 Å². The standard InChI is InChI=1S/C9H18N2O3/c1-4-5-7(10)8(12)11-6(2)9(13)14-3/h6-7H,4-5,10H2,1-3H3,(H,11,12)/t6?,7-/m1/s1. The minimum Gasteiger partial charge on any atom is -0.467 e. The summed E-state index contributed by atoms with van der Waals surface area (Å²) in [5, 5.41) is 2.48. The molecule has 0 saturated heterocycles. The Hall–Kier alpha value is -1.10. The average Bonchev–Trinajstić information content (AvgIpc) is 2.16. The summed E-state index contributed by atoms with van der Waals surface area (Å²) < 4.78 is 4.46. The lowest BCUT2D eigenvalue weighted by atomic mass is 10.1. The van der Waals surface area contributed by atoms with Gasteiger partial charge in [0.2, 0.25) is 5.91 Å². The predicted octanol–water partition coefficient (Wildman–Crippen LogP) is -0.208. The highest BCUT2D eigenvalue weighted by atomic mass is 16.5. The Balaban J connectivity index is 3.98. The minimum absolute atomic E-state index is 0.315. The highest BCUT2D eigenvalue weighted by molar-refractivity contribution is 5.87. The molecule has 0 aliphatic heterocycles. The number of nitrogens with one attached hydrogen (secondary N) is 1. The zero-order valence-corrected chi connectivity index (χ0v) is 8.87. The van der Waals surface area contributed by atoms with Gasteiger partial charge in [0.15, 0.2) is 0 Å². The lowest BCUT2D eigenvalue weighted by Gasteiger charge is -2.15. The number of amides is 1. The fraction of sp³-hybridized carbons (Fsp3) is 0.778. The van der Waals surface area contributed by atoms with E-state index in [9.17, 15) is 9.59 Å². The van der Waals surface area contributed by atoms with Crippen LogP contribution >= 0.6 is 0 Å². The molecule has 2 atom stereocenters. The van der Waals surface area contributed by atoms with Crippen molar-refractivity contribution >= 4 is 11.9 Å². The van der Waals surface area contributed by atoms with E-state index < -0.39 is 18.1 Å². The molecule has 1 amide bonds. The van der Waals surface area contributed by atoms with Gasteiger partial charge in [-0.25, -0.2) is 4.79 Å². The molecule has 1 unspecified atom stereocenters. The number of hydrogen-bond donors (Lipinski definition) is 2. The summed E-state index contributed by atoms with van der Waals surface area (Å²) in [6.07, 6.45) is 1.45. The zero-order chi connectivity index (χ0) is 11.1. The van der Waals surface area contributed by atoms with E-state index in [2.05, 4.69) is 10.1 Å². The van der Waals surface area contributed by atoms with E-state index in [1.807, 2.05) is 6.92 Å². The second-order valence-corrected chi connectivity index (χ2v) is 3.15. The largest absolute Gasteiger partial charge is 0.467 e. The molecule has 0 saturated carbocycles. The number of ether oxygens (including phenoxy) is 1. The van der Waals surface area contributed by atoms with Gasteiger partial charge < -0.3 is 15.8 Å². The molecular weight excluding hydrogens is 184 g/mol. The van der Waals surface area contributed by atoms with E-state index >= 15 is 0 Å². The Labute approximate surface area is 84.0 Å². The number of methoxy groups -OCH3 is 1. The van der Waals surface area contributed by atoms with Crippen LogP contribution in [0.25, 0.3) is 0 Å². The lowest BCUT2D eigenvalue weighted by molar-refractivity contribution is -0.144. The number of rotatable bonds is 5. The highest BCUT2D eigenvalue weighted by Gasteiger charge is 2.19. The van der Waals surface area contributed by atoms with Crippen molar-refractivity contribution in [1.82, 2.24) is 5.32 Å². The van der Waals surface area contributed by atoms with Crippen molar-refractivity contribution in [2.75, 3.05) is 7.11 Å². The maximum Gasteiger partial charge on any atom is 0.328 e. The van der Waals surface area contributed by atoms with Crippen LogP contribution in [-0.2, 0) is 14.3 Å². The van der Waals surface area contributed by atoms with Gasteiger partial charge in [-0.05, 0) is 13.3 Å². The number of hydrogen-bond acceptors (Lipinski definition) is 4. The molecule has 0 bridgehead atoms. The summed E-state index contributed by atoms with van der Waals surface area (Å²) in [6.45, 7) is 3.50. The van der Waals surface area contributed by atoms with E-state index in [1.54, 1.807) is 6.92 Å². The zero-order valence-electron chi connectivity index (χ0n) is 8.87. The maximum atomic E-state index is 11.3. The van der Waals surface area contributed by atoms with Gasteiger partial charge in [-0.2, -0.15) is 0 Å². The Morgan fingerprint density at radius 2 is 2.07 bits per heavy atom. The third kappa shape index (κ3) is 4.23. The fourth-order valence-corrected chi connectivity index (χ4v) is 0.998. The van der Waals surface area contributed by atoms with E-state index in [1.165, 1.54) is 7.11 Å². The third-order valence-corrected chi connectivity index (χ3v) is 1.85. The first-order valence-electron chi connectivity index (χ1n) is 4.66. The first-order chi connectivity index (χ1) is 6.52. The van der Waals surface area contributed by atoms with Crippen LogP contribution in [0.5, 0.6) is 0 Å². The molecule has 0 aliphatic rings. The third-order valence-electron chi connectivity index (χ3n) is 1.85. The molecule has 0 aliphatic carbocycles. The summed E-state index contributed by atoms with van der Waals surface area (Å²) in [5.74, 6) is -0.785. The van der Waals surface area contributed by atoms with Crippen LogP contribution in [-0.4, -0.2) is 31.1 Å². The molecule has 5 heteroatoms. The molecule has 5 nitrogen and oxygen atoms in total. The Kier molecular flexibility index (Phi) is 5.87. The van der Waals surface area contributed by atoms with Crippen LogP contribution in [0.2, 0.25) is 0 Å². The summed E-state index contributed by atoms with van der Waals surface area (Å²) >= 11 is 0. The Morgan fingerprint density at radius 1 is 1.50 bits per heavy atom. The van der Waals surface area contributed by atoms with E-state index in [0.717, 1.165) is 6.42 Å². The lowest BCUT2D eigenvalue weighted by Crippen LogP contribution is -2.47. The second-order valence-electron chi connectivity index (χ2n) is 3.15. The van der Waals surface area contributed by atoms with Gasteiger partial charge in [0.1, 0.15) is 6.04 Å². The van der Waals surface area contributed by atoms with Crippen LogP contribution in [0.15, 0.2) is 0 Å². The minimum atomic E-state index is -0.643. The van der Waals surface area contributed by atoms with Crippen molar-refractivity contribution < 1.29 is 14.3 Å². The summed E-state index contributed by atoms with van der Waals surface area (Å²) in [5.41, 5.74) is 5.55. The molecule has 0 fully saturated rings. The van der Waals surface area contributed by atoms with Crippen LogP contribution in [0, 0.1) is 0 Å². The van der Waals surface area contributed by atoms with Crippen LogP contribution in [0.1, 0.15) is 26.7 Å². The van der Waals surface area contributed by atoms with E-state index in [0.29, 0.717) is 6.42 Å². The Morgan fingerprint density at radius 3 is 2.50 bits per heavy atom. The number of esters is 1. The van der Waals surface area contributed by atoms with Gasteiger partial charge >= 0.3 is 5.97 Å². The van der Waals surface area contributed by atoms with Crippen molar-refractivity contribution in [3.63, 3.8) is 0 Å². The van der Waals surface area contributed by atoms with Crippen LogP contribution in [0.4, 0.5) is 0 Å². The quantitative estimate of drug-likeness (QED) is 0.604. The Bertz CT molecular complexity index is 206. The molecule has 0 heterocycles. The van der Waals surface area contributed by atoms with Gasteiger partial charge in [0.05, 0.1) is 13.2 Å². The number of carbonyl (C=O) groups is 2. The maximum absolute atomic E-state index is 11.3. The number of nitrogens with two attached hydrogens (primary N) is 1. The molecular formula is C9H18N2O3. The smallest absolute Gasteiger partial charge is 0.328 e. The molecule has 82 valence electrons. The topological polar surface area (TPSA) is 81.4 Å². The van der Waals surface area contributed by atoms with Crippen molar-refractivity contribution in [3.8, 4) is 0 Å². The highest BCUT2D eigenvalue weighted by Crippen LogP contribution is 1.94. The molecule has 0 radical (unpaired) electrons. The summed E-state index contributed by atoms with van der Waals surface area (Å²) in [6, 6.07) is -1.19. The molecule has 0 aromatic rings. The second kappa shape index (κ2) is 6.37. The van der Waals surface area contributed by atoms with Crippen molar-refractivity contribution in [3.05, 3.63) is 0 Å². The van der Waals surface area contributed by atoms with Crippen molar-refractivity contribution in [2.24, 2.45) is 5.73 Å². The van der Waals surface area contributed by atoms with Gasteiger partial charge in [-0.15, -0.1) is 0 Å². The van der Waals surface area contributed by atoms with Crippen molar-refractivity contribution in [2.45, 2.75) is 38.8 Å². The average molecular weight is 202 g/mol.